The van der Waals surface area contributed by atoms with E-state index in [-0.39, 0.29) is 5.91 Å². The largest absolute Gasteiger partial charge is 0.359 e. The van der Waals surface area contributed by atoms with E-state index in [1.807, 2.05) is 31.2 Å². The van der Waals surface area contributed by atoms with Gasteiger partial charge in [-0.3, -0.25) is 4.79 Å². The van der Waals surface area contributed by atoms with Crippen LogP contribution in [0, 0.1) is 6.92 Å². The molecule has 0 saturated heterocycles. The smallest absolute Gasteiger partial charge is 0.254 e. The van der Waals surface area contributed by atoms with Crippen molar-refractivity contribution in [3.8, 4) is 0 Å². The summed E-state index contributed by atoms with van der Waals surface area (Å²) in [6.07, 6.45) is 0.810. The van der Waals surface area contributed by atoms with E-state index in [4.69, 9.17) is 4.52 Å². The lowest BCUT2D eigenvalue weighted by molar-refractivity contribution is 0.0716. The summed E-state index contributed by atoms with van der Waals surface area (Å²) in [6, 6.07) is 7.44. The van der Waals surface area contributed by atoms with Crippen molar-refractivity contribution in [1.29, 1.82) is 0 Å². The van der Waals surface area contributed by atoms with Crippen molar-refractivity contribution in [2.45, 2.75) is 19.9 Å². The number of fused-ring (bicyclic) bond motifs is 1. The van der Waals surface area contributed by atoms with Gasteiger partial charge in [-0.2, -0.15) is 0 Å². The van der Waals surface area contributed by atoms with Gasteiger partial charge in [0.25, 0.3) is 5.91 Å². The fraction of sp³-hybridized carbons (Fsp3) is 0.286. The summed E-state index contributed by atoms with van der Waals surface area (Å²) in [4.78, 5) is 14.2. The first-order chi connectivity index (χ1) is 9.15. The molecule has 1 aromatic carbocycles. The summed E-state index contributed by atoms with van der Waals surface area (Å²) >= 11 is 3.38. The highest BCUT2D eigenvalue weighted by molar-refractivity contribution is 9.10. The number of aryl methyl sites for hydroxylation is 1. The minimum atomic E-state index is 0.0287. The quantitative estimate of drug-likeness (QED) is 0.811. The predicted octanol–water partition coefficient (Wildman–Crippen LogP) is 2.94. The Kier molecular flexibility index (Phi) is 3.14. The number of carbonyl (C=O) groups excluding carboxylic acids is 1. The van der Waals surface area contributed by atoms with Crippen LogP contribution in [0.2, 0.25) is 0 Å². The van der Waals surface area contributed by atoms with Crippen molar-refractivity contribution in [2.75, 3.05) is 6.54 Å². The maximum Gasteiger partial charge on any atom is 0.254 e. The van der Waals surface area contributed by atoms with Crippen LogP contribution in [0.25, 0.3) is 0 Å². The van der Waals surface area contributed by atoms with Gasteiger partial charge in [0.2, 0.25) is 0 Å². The Bertz CT molecular complexity index is 636. The summed E-state index contributed by atoms with van der Waals surface area (Å²) in [6.45, 7) is 3.15. The molecule has 0 saturated carbocycles. The van der Waals surface area contributed by atoms with Gasteiger partial charge >= 0.3 is 0 Å². The molecule has 0 N–H and O–H groups in total. The van der Waals surface area contributed by atoms with E-state index in [0.29, 0.717) is 18.7 Å². The number of hydrogen-bond acceptors (Lipinski definition) is 3. The van der Waals surface area contributed by atoms with Gasteiger partial charge < -0.3 is 9.42 Å². The number of hydrogen-bond donors (Lipinski definition) is 0. The van der Waals surface area contributed by atoms with E-state index in [1.54, 1.807) is 4.90 Å². The molecular formula is C14H13BrN2O2. The Balaban J connectivity index is 1.83. The fourth-order valence-corrected chi connectivity index (χ4v) is 2.76. The third kappa shape index (κ3) is 2.30. The number of benzene rings is 1. The van der Waals surface area contributed by atoms with Gasteiger partial charge in [0.05, 0.1) is 12.2 Å². The Labute approximate surface area is 119 Å². The van der Waals surface area contributed by atoms with Crippen molar-refractivity contribution in [2.24, 2.45) is 0 Å². The highest BCUT2D eigenvalue weighted by Crippen LogP contribution is 2.23. The van der Waals surface area contributed by atoms with E-state index in [2.05, 4.69) is 21.1 Å². The second-order valence-corrected chi connectivity index (χ2v) is 5.57. The van der Waals surface area contributed by atoms with Crippen LogP contribution in [-0.2, 0) is 13.0 Å². The molecule has 1 amide bonds. The molecule has 0 bridgehead atoms. The fourth-order valence-electron chi connectivity index (χ4n) is 2.36. The highest BCUT2D eigenvalue weighted by Gasteiger charge is 2.26. The van der Waals surface area contributed by atoms with Crippen LogP contribution >= 0.6 is 15.9 Å². The Hall–Kier alpha value is -1.62. The summed E-state index contributed by atoms with van der Waals surface area (Å²) in [5.74, 6) is 0.841. The number of nitrogens with zero attached hydrogens (tertiary/aromatic N) is 2. The van der Waals surface area contributed by atoms with Crippen molar-refractivity contribution in [3.63, 3.8) is 0 Å². The molecule has 0 unspecified atom stereocenters. The summed E-state index contributed by atoms with van der Waals surface area (Å²) in [7, 11) is 0. The van der Waals surface area contributed by atoms with Gasteiger partial charge in [0.15, 0.2) is 5.76 Å². The highest BCUT2D eigenvalue weighted by atomic mass is 79.9. The summed E-state index contributed by atoms with van der Waals surface area (Å²) < 4.78 is 6.18. The first kappa shape index (κ1) is 12.4. The van der Waals surface area contributed by atoms with E-state index in [9.17, 15) is 4.79 Å². The Morgan fingerprint density at radius 1 is 1.47 bits per heavy atom. The van der Waals surface area contributed by atoms with E-state index in [0.717, 1.165) is 27.9 Å². The van der Waals surface area contributed by atoms with Crippen molar-refractivity contribution in [3.05, 3.63) is 51.3 Å². The second-order valence-electron chi connectivity index (χ2n) is 4.66. The van der Waals surface area contributed by atoms with E-state index >= 15 is 0 Å². The lowest BCUT2D eigenvalue weighted by atomic mass is 10.0. The van der Waals surface area contributed by atoms with Crippen molar-refractivity contribution < 1.29 is 9.32 Å². The van der Waals surface area contributed by atoms with Crippen molar-refractivity contribution >= 4 is 21.8 Å². The van der Waals surface area contributed by atoms with E-state index in [1.165, 1.54) is 0 Å². The van der Waals surface area contributed by atoms with Gasteiger partial charge in [-0.25, -0.2) is 0 Å². The molecule has 0 fully saturated rings. The third-order valence-electron chi connectivity index (χ3n) is 3.39. The van der Waals surface area contributed by atoms with Crippen LogP contribution in [0.15, 0.2) is 33.3 Å². The summed E-state index contributed by atoms with van der Waals surface area (Å²) in [5, 5.41) is 3.96. The Morgan fingerprint density at radius 3 is 3.11 bits per heavy atom. The molecule has 0 radical (unpaired) electrons. The molecule has 0 atom stereocenters. The molecule has 4 nitrogen and oxygen atoms in total. The van der Waals surface area contributed by atoms with Crippen LogP contribution in [0.4, 0.5) is 0 Å². The number of amides is 1. The second kappa shape index (κ2) is 4.81. The molecule has 5 heteroatoms. The van der Waals surface area contributed by atoms with E-state index < -0.39 is 0 Å². The van der Waals surface area contributed by atoms with Gasteiger partial charge in [0.1, 0.15) is 0 Å². The summed E-state index contributed by atoms with van der Waals surface area (Å²) in [5.41, 5.74) is 2.77. The molecule has 1 aliphatic heterocycles. The monoisotopic (exact) mass is 320 g/mol. The zero-order chi connectivity index (χ0) is 13.4. The minimum absolute atomic E-state index is 0.0287. The number of carbonyl (C=O) groups is 1. The van der Waals surface area contributed by atoms with Crippen LogP contribution in [0.3, 0.4) is 0 Å². The molecule has 1 aromatic heterocycles. The zero-order valence-corrected chi connectivity index (χ0v) is 12.1. The molecule has 2 aromatic rings. The molecule has 98 valence electrons. The maximum absolute atomic E-state index is 12.4. The zero-order valence-electron chi connectivity index (χ0n) is 10.5. The molecule has 0 spiro atoms. The van der Waals surface area contributed by atoms with Crippen LogP contribution in [0.5, 0.6) is 0 Å². The first-order valence-electron chi connectivity index (χ1n) is 6.14. The molecule has 3 rings (SSSR count). The van der Waals surface area contributed by atoms with Crippen molar-refractivity contribution in [1.82, 2.24) is 10.1 Å². The van der Waals surface area contributed by atoms with Crippen LogP contribution in [0.1, 0.15) is 27.4 Å². The first-order valence-corrected chi connectivity index (χ1v) is 6.93. The lowest BCUT2D eigenvalue weighted by Crippen LogP contribution is -2.35. The molecule has 2 heterocycles. The third-order valence-corrected chi connectivity index (χ3v) is 3.88. The topological polar surface area (TPSA) is 46.3 Å². The van der Waals surface area contributed by atoms with Crippen LogP contribution in [-0.4, -0.2) is 22.5 Å². The van der Waals surface area contributed by atoms with Gasteiger partial charge in [-0.1, -0.05) is 27.2 Å². The molecule has 0 aliphatic carbocycles. The maximum atomic E-state index is 12.4. The predicted molar refractivity (Wildman–Crippen MR) is 73.8 cm³/mol. The molecule has 1 aliphatic rings. The molecule has 19 heavy (non-hydrogen) atoms. The van der Waals surface area contributed by atoms with Gasteiger partial charge in [-0.05, 0) is 31.5 Å². The Morgan fingerprint density at radius 2 is 2.32 bits per heavy atom. The van der Waals surface area contributed by atoms with Crippen LogP contribution < -0.4 is 0 Å². The normalized spacial score (nSPS) is 14.3. The SMILES string of the molecule is Cc1noc2c1CCN(C(=O)c1cccc(Br)c1)C2. The average Bonchev–Trinajstić information content (AvgIpc) is 2.79. The van der Waals surface area contributed by atoms with Gasteiger partial charge in [0, 0.05) is 22.1 Å². The minimum Gasteiger partial charge on any atom is -0.359 e. The number of halogens is 1. The average molecular weight is 321 g/mol. The van der Waals surface area contributed by atoms with Gasteiger partial charge in [-0.15, -0.1) is 0 Å². The lowest BCUT2D eigenvalue weighted by Gasteiger charge is -2.25. The standard InChI is InChI=1S/C14H13BrN2O2/c1-9-12-5-6-17(8-13(12)19-16-9)14(18)10-3-2-4-11(15)7-10/h2-4,7H,5-6,8H2,1H3. The molecular weight excluding hydrogens is 308 g/mol. The number of rotatable bonds is 1. The number of aromatic nitrogens is 1.